The Kier molecular flexibility index (Phi) is 25.2. The molecule has 0 aliphatic rings. The first kappa shape index (κ1) is 22.6. The van der Waals surface area contributed by atoms with E-state index in [1.165, 1.54) is 5.56 Å². The Hall–Kier alpha value is -0.241. The summed E-state index contributed by atoms with van der Waals surface area (Å²) in [6, 6.07) is 10.0. The summed E-state index contributed by atoms with van der Waals surface area (Å²) >= 11 is 0. The van der Waals surface area contributed by atoms with Gasteiger partial charge in [0.15, 0.2) is 0 Å². The van der Waals surface area contributed by atoms with E-state index in [1.807, 2.05) is 36.4 Å². The van der Waals surface area contributed by atoms with Gasteiger partial charge >= 0.3 is 0 Å². The van der Waals surface area contributed by atoms with Gasteiger partial charge in [-0.05, 0) is 5.56 Å². The van der Waals surface area contributed by atoms with Crippen LogP contribution in [0, 0.1) is 0 Å². The van der Waals surface area contributed by atoms with Gasteiger partial charge in [0.25, 0.3) is 0 Å². The van der Waals surface area contributed by atoms with E-state index in [0.717, 1.165) is 0 Å². The van der Waals surface area contributed by atoms with E-state index in [-0.39, 0.29) is 46.2 Å². The number of hydrogen-bond donors (Lipinski definition) is 0. The molecule has 0 nitrogen and oxygen atoms in total. The standard InChI is InChI=1S/C8H8.3CH4.Sn/c1-2-8-6-4-3-5-7-8;;;;/h2-7H,1H2;3*1H4;. The molecule has 1 aromatic carbocycles. The Balaban J connectivity index is -0.0000000800. The SMILES string of the molecule is C.C.C.C=Cc1ccccc1.[Sn]. The molecular formula is C11H20Sn. The van der Waals surface area contributed by atoms with Crippen LogP contribution in [0.5, 0.6) is 0 Å². The molecule has 0 aliphatic carbocycles. The van der Waals surface area contributed by atoms with Crippen molar-refractivity contribution in [3.63, 3.8) is 0 Å². The smallest absolute Gasteiger partial charge is 0 e. The second-order valence-corrected chi connectivity index (χ2v) is 1.61. The van der Waals surface area contributed by atoms with Crippen LogP contribution in [-0.4, -0.2) is 23.9 Å². The van der Waals surface area contributed by atoms with Gasteiger partial charge in [-0.15, -0.1) is 0 Å². The average molecular weight is 271 g/mol. The van der Waals surface area contributed by atoms with Crippen LogP contribution in [-0.2, 0) is 0 Å². The molecule has 12 heavy (non-hydrogen) atoms. The topological polar surface area (TPSA) is 0 Å². The Morgan fingerprint density at radius 3 is 1.58 bits per heavy atom. The van der Waals surface area contributed by atoms with Gasteiger partial charge in [0, 0.05) is 23.9 Å². The minimum Gasteiger partial charge on any atom is -0.0985 e. The molecule has 0 N–H and O–H groups in total. The molecule has 0 unspecified atom stereocenters. The third-order valence-electron chi connectivity index (χ3n) is 1.04. The minimum absolute atomic E-state index is 0. The molecule has 1 heteroatoms. The zero-order valence-corrected chi connectivity index (χ0v) is 8.03. The molecule has 0 heterocycles. The van der Waals surface area contributed by atoms with Crippen LogP contribution in [0.15, 0.2) is 36.9 Å². The summed E-state index contributed by atoms with van der Waals surface area (Å²) in [6.07, 6.45) is 1.83. The van der Waals surface area contributed by atoms with E-state index in [1.54, 1.807) is 0 Å². The van der Waals surface area contributed by atoms with Crippen LogP contribution < -0.4 is 0 Å². The summed E-state index contributed by atoms with van der Waals surface area (Å²) < 4.78 is 0. The Morgan fingerprint density at radius 2 is 1.33 bits per heavy atom. The maximum absolute atomic E-state index is 3.63. The fourth-order valence-electron chi connectivity index (χ4n) is 0.589. The van der Waals surface area contributed by atoms with E-state index in [0.29, 0.717) is 0 Å². The van der Waals surface area contributed by atoms with Gasteiger partial charge in [0.05, 0.1) is 0 Å². The molecule has 0 atom stereocenters. The van der Waals surface area contributed by atoms with Crippen LogP contribution in [0.4, 0.5) is 0 Å². The number of rotatable bonds is 1. The summed E-state index contributed by atoms with van der Waals surface area (Å²) in [5.74, 6) is 0. The third kappa shape index (κ3) is 7.86. The quantitative estimate of drug-likeness (QED) is 0.680. The minimum atomic E-state index is 0. The van der Waals surface area contributed by atoms with Gasteiger partial charge in [-0.1, -0.05) is 65.3 Å². The predicted octanol–water partition coefficient (Wildman–Crippen LogP) is 3.86. The third-order valence-corrected chi connectivity index (χ3v) is 1.04. The Bertz CT molecular complexity index is 168. The summed E-state index contributed by atoms with van der Waals surface area (Å²) in [7, 11) is 0. The van der Waals surface area contributed by atoms with Gasteiger partial charge in [-0.3, -0.25) is 0 Å². The van der Waals surface area contributed by atoms with Crippen molar-refractivity contribution in [2.45, 2.75) is 22.3 Å². The van der Waals surface area contributed by atoms with E-state index in [2.05, 4.69) is 6.58 Å². The summed E-state index contributed by atoms with van der Waals surface area (Å²) in [6.45, 7) is 3.63. The van der Waals surface area contributed by atoms with Crippen molar-refractivity contribution in [2.75, 3.05) is 0 Å². The van der Waals surface area contributed by atoms with Gasteiger partial charge in [0.1, 0.15) is 0 Å². The van der Waals surface area contributed by atoms with Crippen LogP contribution in [0.3, 0.4) is 0 Å². The summed E-state index contributed by atoms with van der Waals surface area (Å²) in [5.41, 5.74) is 1.17. The predicted molar refractivity (Wildman–Crippen MR) is 62.5 cm³/mol. The second kappa shape index (κ2) is 13.4. The number of benzene rings is 1. The van der Waals surface area contributed by atoms with E-state index in [4.69, 9.17) is 0 Å². The molecule has 0 saturated heterocycles. The van der Waals surface area contributed by atoms with Gasteiger partial charge in [0.2, 0.25) is 0 Å². The molecule has 68 valence electrons. The van der Waals surface area contributed by atoms with Crippen molar-refractivity contribution in [3.8, 4) is 0 Å². The van der Waals surface area contributed by atoms with E-state index >= 15 is 0 Å². The first-order valence-electron chi connectivity index (χ1n) is 2.61. The molecule has 4 radical (unpaired) electrons. The monoisotopic (exact) mass is 272 g/mol. The molecule has 0 bridgehead atoms. The van der Waals surface area contributed by atoms with Crippen molar-refractivity contribution < 1.29 is 0 Å². The van der Waals surface area contributed by atoms with Crippen LogP contribution in [0.2, 0.25) is 0 Å². The fourth-order valence-corrected chi connectivity index (χ4v) is 0.589. The van der Waals surface area contributed by atoms with Gasteiger partial charge < -0.3 is 0 Å². The summed E-state index contributed by atoms with van der Waals surface area (Å²) in [5, 5.41) is 0. The van der Waals surface area contributed by atoms with Crippen molar-refractivity contribution in [3.05, 3.63) is 42.5 Å². The first-order chi connectivity index (χ1) is 3.93. The zero-order chi connectivity index (χ0) is 5.82. The maximum atomic E-state index is 3.63. The van der Waals surface area contributed by atoms with Gasteiger partial charge in [-0.25, -0.2) is 0 Å². The average Bonchev–Trinajstić information content (AvgIpc) is 1.90. The molecular weight excluding hydrogens is 251 g/mol. The van der Waals surface area contributed by atoms with Crippen LogP contribution in [0.25, 0.3) is 6.08 Å². The first-order valence-corrected chi connectivity index (χ1v) is 2.61. The molecule has 0 amide bonds. The summed E-state index contributed by atoms with van der Waals surface area (Å²) in [4.78, 5) is 0. The second-order valence-electron chi connectivity index (χ2n) is 1.61. The molecule has 0 spiro atoms. The van der Waals surface area contributed by atoms with E-state index in [9.17, 15) is 0 Å². The van der Waals surface area contributed by atoms with Crippen molar-refractivity contribution in [2.24, 2.45) is 0 Å². The van der Waals surface area contributed by atoms with Crippen molar-refractivity contribution >= 4 is 30.0 Å². The fraction of sp³-hybridized carbons (Fsp3) is 0.273. The Morgan fingerprint density at radius 1 is 0.917 bits per heavy atom. The van der Waals surface area contributed by atoms with Crippen LogP contribution >= 0.6 is 0 Å². The molecule has 0 aromatic heterocycles. The maximum Gasteiger partial charge on any atom is 0 e. The normalized spacial score (nSPS) is 5.67. The van der Waals surface area contributed by atoms with Gasteiger partial charge in [-0.2, -0.15) is 0 Å². The molecule has 1 rings (SSSR count). The molecule has 0 saturated carbocycles. The number of hydrogen-bond acceptors (Lipinski definition) is 0. The van der Waals surface area contributed by atoms with Crippen molar-refractivity contribution in [1.82, 2.24) is 0 Å². The Labute approximate surface area is 94.7 Å². The largest absolute Gasteiger partial charge is 0.0985 e. The van der Waals surface area contributed by atoms with Crippen LogP contribution in [0.1, 0.15) is 27.8 Å². The van der Waals surface area contributed by atoms with E-state index < -0.39 is 0 Å². The molecule has 1 aromatic rings. The molecule has 0 fully saturated rings. The molecule has 0 aliphatic heterocycles. The zero-order valence-electron chi connectivity index (χ0n) is 5.17. The van der Waals surface area contributed by atoms with Crippen molar-refractivity contribution in [1.29, 1.82) is 0 Å².